The second-order valence-electron chi connectivity index (χ2n) is 5.18. The van der Waals surface area contributed by atoms with Gasteiger partial charge in [0.15, 0.2) is 0 Å². The third-order valence-electron chi connectivity index (χ3n) is 2.13. The van der Waals surface area contributed by atoms with E-state index in [4.69, 9.17) is 4.74 Å². The maximum Gasteiger partial charge on any atom is 0.410 e. The molecule has 5 nitrogen and oxygen atoms in total. The maximum atomic E-state index is 11.7. The molecule has 1 rings (SSSR count). The number of rotatable bonds is 3. The number of aryl methyl sites for hydroxylation is 1. The SMILES string of the molecule is CC.Cc1cnn(CCN(C)C(=O)OC(C)(C)C)c1. The monoisotopic (exact) mass is 269 g/mol. The fourth-order valence-corrected chi connectivity index (χ4v) is 1.27. The average molecular weight is 269 g/mol. The molecule has 0 atom stereocenters. The van der Waals surface area contributed by atoms with Gasteiger partial charge in [-0.1, -0.05) is 13.8 Å². The van der Waals surface area contributed by atoms with Gasteiger partial charge in [0.2, 0.25) is 0 Å². The van der Waals surface area contributed by atoms with Gasteiger partial charge in [-0.3, -0.25) is 4.68 Å². The Morgan fingerprint density at radius 2 is 2.00 bits per heavy atom. The van der Waals surface area contributed by atoms with Gasteiger partial charge >= 0.3 is 6.09 Å². The van der Waals surface area contributed by atoms with Crippen LogP contribution in [0.4, 0.5) is 4.79 Å². The van der Waals surface area contributed by atoms with Gasteiger partial charge in [0.25, 0.3) is 0 Å². The Bertz CT molecular complexity index is 380. The summed E-state index contributed by atoms with van der Waals surface area (Å²) in [6.07, 6.45) is 3.44. The van der Waals surface area contributed by atoms with Gasteiger partial charge in [0.05, 0.1) is 12.7 Å². The van der Waals surface area contributed by atoms with Crippen LogP contribution in [0.15, 0.2) is 12.4 Å². The highest BCUT2D eigenvalue weighted by molar-refractivity contribution is 5.67. The van der Waals surface area contributed by atoms with Gasteiger partial charge in [-0.15, -0.1) is 0 Å². The zero-order chi connectivity index (χ0) is 15.1. The van der Waals surface area contributed by atoms with E-state index in [1.165, 1.54) is 0 Å². The number of hydrogen-bond donors (Lipinski definition) is 0. The molecule has 0 aliphatic carbocycles. The van der Waals surface area contributed by atoms with Crippen LogP contribution in [-0.4, -0.2) is 40.0 Å². The van der Waals surface area contributed by atoms with E-state index in [-0.39, 0.29) is 6.09 Å². The molecule has 1 amide bonds. The normalized spacial score (nSPS) is 10.5. The molecular formula is C14H27N3O2. The number of aromatic nitrogens is 2. The van der Waals surface area contributed by atoms with Crippen molar-refractivity contribution in [1.82, 2.24) is 14.7 Å². The highest BCUT2D eigenvalue weighted by Crippen LogP contribution is 2.09. The second-order valence-corrected chi connectivity index (χ2v) is 5.18. The van der Waals surface area contributed by atoms with E-state index in [9.17, 15) is 4.79 Å². The largest absolute Gasteiger partial charge is 0.444 e. The van der Waals surface area contributed by atoms with Crippen LogP contribution < -0.4 is 0 Å². The van der Waals surface area contributed by atoms with Crippen LogP contribution in [0.25, 0.3) is 0 Å². The number of carbonyl (C=O) groups is 1. The molecule has 0 aromatic carbocycles. The van der Waals surface area contributed by atoms with Crippen LogP contribution in [0.5, 0.6) is 0 Å². The summed E-state index contributed by atoms with van der Waals surface area (Å²) >= 11 is 0. The molecule has 0 fully saturated rings. The van der Waals surface area contributed by atoms with E-state index in [1.807, 2.05) is 52.4 Å². The summed E-state index contributed by atoms with van der Waals surface area (Å²) in [7, 11) is 1.73. The minimum absolute atomic E-state index is 0.304. The Morgan fingerprint density at radius 1 is 1.42 bits per heavy atom. The topological polar surface area (TPSA) is 47.4 Å². The highest BCUT2D eigenvalue weighted by Gasteiger charge is 2.19. The first kappa shape index (κ1) is 17.5. The van der Waals surface area contributed by atoms with Crippen molar-refractivity contribution < 1.29 is 9.53 Å². The fraction of sp³-hybridized carbons (Fsp3) is 0.714. The summed E-state index contributed by atoms with van der Waals surface area (Å²) in [6.45, 7) is 12.8. The quantitative estimate of drug-likeness (QED) is 0.847. The molecule has 0 saturated carbocycles. The summed E-state index contributed by atoms with van der Waals surface area (Å²) in [5.74, 6) is 0. The van der Waals surface area contributed by atoms with E-state index in [0.29, 0.717) is 13.1 Å². The second kappa shape index (κ2) is 7.81. The van der Waals surface area contributed by atoms with Crippen LogP contribution in [0.3, 0.4) is 0 Å². The molecule has 0 N–H and O–H groups in total. The summed E-state index contributed by atoms with van der Waals surface area (Å²) in [5.41, 5.74) is 0.665. The van der Waals surface area contributed by atoms with E-state index in [0.717, 1.165) is 5.56 Å². The lowest BCUT2D eigenvalue weighted by molar-refractivity contribution is 0.0292. The van der Waals surface area contributed by atoms with Crippen molar-refractivity contribution in [3.63, 3.8) is 0 Å². The molecule has 0 radical (unpaired) electrons. The van der Waals surface area contributed by atoms with Crippen molar-refractivity contribution in [3.8, 4) is 0 Å². The zero-order valence-corrected chi connectivity index (χ0v) is 13.2. The summed E-state index contributed by atoms with van der Waals surface area (Å²) in [5, 5.41) is 4.16. The molecule has 0 aliphatic heterocycles. The Labute approximate surface area is 116 Å². The lowest BCUT2D eigenvalue weighted by atomic mass is 10.2. The molecule has 0 bridgehead atoms. The van der Waals surface area contributed by atoms with Gasteiger partial charge in [0, 0.05) is 19.8 Å². The molecule has 19 heavy (non-hydrogen) atoms. The van der Waals surface area contributed by atoms with Gasteiger partial charge in [-0.2, -0.15) is 5.10 Å². The Kier molecular flexibility index (Phi) is 7.19. The predicted molar refractivity (Wildman–Crippen MR) is 77.2 cm³/mol. The molecule has 5 heteroatoms. The first-order valence-electron chi connectivity index (χ1n) is 6.71. The van der Waals surface area contributed by atoms with Gasteiger partial charge in [-0.05, 0) is 33.3 Å². The molecule has 0 saturated heterocycles. The van der Waals surface area contributed by atoms with Crippen molar-refractivity contribution in [2.75, 3.05) is 13.6 Å². The van der Waals surface area contributed by atoms with Gasteiger partial charge < -0.3 is 9.64 Å². The first-order valence-corrected chi connectivity index (χ1v) is 6.71. The lowest BCUT2D eigenvalue weighted by Gasteiger charge is -2.24. The molecular weight excluding hydrogens is 242 g/mol. The van der Waals surface area contributed by atoms with Gasteiger partial charge in [0.1, 0.15) is 5.60 Å². The van der Waals surface area contributed by atoms with Crippen molar-refractivity contribution >= 4 is 6.09 Å². The highest BCUT2D eigenvalue weighted by atomic mass is 16.6. The smallest absolute Gasteiger partial charge is 0.410 e. The molecule has 0 aliphatic rings. The molecule has 1 aromatic heterocycles. The van der Waals surface area contributed by atoms with E-state index in [1.54, 1.807) is 18.1 Å². The van der Waals surface area contributed by atoms with Crippen molar-refractivity contribution in [2.24, 2.45) is 0 Å². The average Bonchev–Trinajstić information content (AvgIpc) is 2.72. The summed E-state index contributed by atoms with van der Waals surface area (Å²) in [4.78, 5) is 13.2. The number of carbonyl (C=O) groups excluding carboxylic acids is 1. The van der Waals surface area contributed by atoms with Crippen LogP contribution >= 0.6 is 0 Å². The summed E-state index contributed by atoms with van der Waals surface area (Å²) in [6, 6.07) is 0. The van der Waals surface area contributed by atoms with Crippen LogP contribution in [0, 0.1) is 6.92 Å². The Balaban J connectivity index is 0.00000154. The zero-order valence-electron chi connectivity index (χ0n) is 13.2. The number of nitrogens with zero attached hydrogens (tertiary/aromatic N) is 3. The summed E-state index contributed by atoms with van der Waals surface area (Å²) < 4.78 is 7.07. The number of amides is 1. The minimum Gasteiger partial charge on any atom is -0.444 e. The Hall–Kier alpha value is -1.52. The molecule has 110 valence electrons. The number of hydrogen-bond acceptors (Lipinski definition) is 3. The van der Waals surface area contributed by atoms with E-state index >= 15 is 0 Å². The van der Waals surface area contributed by atoms with E-state index < -0.39 is 5.60 Å². The molecule has 1 heterocycles. The maximum absolute atomic E-state index is 11.7. The third kappa shape index (κ3) is 7.49. The lowest BCUT2D eigenvalue weighted by Crippen LogP contribution is -2.36. The number of ether oxygens (including phenoxy) is 1. The number of likely N-dealkylation sites (N-methyl/N-ethyl adjacent to an activating group) is 1. The first-order chi connectivity index (χ1) is 8.78. The van der Waals surface area contributed by atoms with Crippen molar-refractivity contribution in [1.29, 1.82) is 0 Å². The molecule has 0 spiro atoms. The minimum atomic E-state index is -0.451. The van der Waals surface area contributed by atoms with Crippen LogP contribution in [-0.2, 0) is 11.3 Å². The molecule has 1 aromatic rings. The predicted octanol–water partition coefficient (Wildman–Crippen LogP) is 3.08. The molecule has 0 unspecified atom stereocenters. The van der Waals surface area contributed by atoms with Crippen LogP contribution in [0.1, 0.15) is 40.2 Å². The van der Waals surface area contributed by atoms with Crippen molar-refractivity contribution in [2.45, 2.75) is 53.7 Å². The van der Waals surface area contributed by atoms with Crippen molar-refractivity contribution in [3.05, 3.63) is 18.0 Å². The fourth-order valence-electron chi connectivity index (χ4n) is 1.27. The standard InChI is InChI=1S/C12H21N3O2.C2H6/c1-10-8-13-15(9-10)7-6-14(5)11(16)17-12(2,3)4;1-2/h8-9H,6-7H2,1-5H3;1-2H3. The van der Waals surface area contributed by atoms with Crippen LogP contribution in [0.2, 0.25) is 0 Å². The Morgan fingerprint density at radius 3 is 2.42 bits per heavy atom. The third-order valence-corrected chi connectivity index (χ3v) is 2.13. The van der Waals surface area contributed by atoms with Gasteiger partial charge in [-0.25, -0.2) is 4.79 Å². The van der Waals surface area contributed by atoms with E-state index in [2.05, 4.69) is 5.10 Å².